The second-order valence-electron chi connectivity index (χ2n) is 4.28. The van der Waals surface area contributed by atoms with Gasteiger partial charge < -0.3 is 5.32 Å². The first kappa shape index (κ1) is 11.7. The average molecular weight is 233 g/mol. The van der Waals surface area contributed by atoms with Crippen molar-refractivity contribution in [2.24, 2.45) is 0 Å². The van der Waals surface area contributed by atoms with E-state index >= 15 is 0 Å². The molecule has 1 heterocycles. The predicted molar refractivity (Wildman–Crippen MR) is 74.2 cm³/mol. The fourth-order valence-corrected chi connectivity index (χ4v) is 2.33. The number of benzene rings is 1. The van der Waals surface area contributed by atoms with Crippen molar-refractivity contribution in [3.05, 3.63) is 41.5 Å². The first-order valence-electron chi connectivity index (χ1n) is 5.98. The summed E-state index contributed by atoms with van der Waals surface area (Å²) in [5.74, 6) is 1.56. The molecule has 1 aromatic carbocycles. The molecule has 0 amide bonds. The van der Waals surface area contributed by atoms with Gasteiger partial charge in [0.1, 0.15) is 0 Å². The Hall–Kier alpha value is -0.730. The molecule has 1 saturated heterocycles. The molecular weight excluding hydrogens is 214 g/mol. The molecule has 1 fully saturated rings. The number of hydrogen-bond acceptors (Lipinski definition) is 2. The summed E-state index contributed by atoms with van der Waals surface area (Å²) >= 11 is 4.16. The van der Waals surface area contributed by atoms with Crippen LogP contribution in [0.4, 0.5) is 0 Å². The van der Waals surface area contributed by atoms with Crippen LogP contribution in [0.3, 0.4) is 0 Å². The zero-order chi connectivity index (χ0) is 11.2. The molecule has 0 spiro atoms. The Kier molecular flexibility index (Phi) is 4.49. The minimum Gasteiger partial charge on any atom is -0.317 e. The molecule has 1 aromatic rings. The van der Waals surface area contributed by atoms with E-state index in [4.69, 9.17) is 0 Å². The van der Waals surface area contributed by atoms with E-state index < -0.39 is 0 Å². The molecule has 0 bridgehead atoms. The second-order valence-corrected chi connectivity index (χ2v) is 4.64. The van der Waals surface area contributed by atoms with Gasteiger partial charge in [0.15, 0.2) is 0 Å². The smallest absolute Gasteiger partial charge is 0.00858 e. The van der Waals surface area contributed by atoms with Crippen molar-refractivity contribution in [2.75, 3.05) is 18.8 Å². The van der Waals surface area contributed by atoms with Crippen LogP contribution in [0.2, 0.25) is 0 Å². The van der Waals surface area contributed by atoms with Gasteiger partial charge in [-0.15, -0.1) is 0 Å². The molecule has 0 aromatic heterocycles. The lowest BCUT2D eigenvalue weighted by molar-refractivity contribution is 0.460. The highest BCUT2D eigenvalue weighted by Gasteiger charge is 2.14. The van der Waals surface area contributed by atoms with Crippen LogP contribution < -0.4 is 5.32 Å². The minimum atomic E-state index is 0.754. The van der Waals surface area contributed by atoms with Gasteiger partial charge in [0.2, 0.25) is 0 Å². The molecule has 0 aliphatic carbocycles. The molecule has 0 saturated carbocycles. The second kappa shape index (κ2) is 6.12. The Morgan fingerprint density at radius 1 is 1.19 bits per heavy atom. The molecule has 16 heavy (non-hydrogen) atoms. The number of nitrogens with one attached hydrogen (secondary N) is 1. The van der Waals surface area contributed by atoms with Crippen LogP contribution >= 0.6 is 12.6 Å². The Morgan fingerprint density at radius 2 is 1.88 bits per heavy atom. The molecule has 1 N–H and O–H groups in total. The van der Waals surface area contributed by atoms with Crippen LogP contribution in [-0.4, -0.2) is 18.8 Å². The fraction of sp³-hybridized carbons (Fsp3) is 0.429. The lowest BCUT2D eigenvalue weighted by Gasteiger charge is -2.22. The third kappa shape index (κ3) is 3.13. The van der Waals surface area contributed by atoms with E-state index in [9.17, 15) is 0 Å². The van der Waals surface area contributed by atoms with Crippen molar-refractivity contribution < 1.29 is 0 Å². The first-order valence-corrected chi connectivity index (χ1v) is 6.61. The van der Waals surface area contributed by atoms with Gasteiger partial charge in [-0.05, 0) is 43.0 Å². The van der Waals surface area contributed by atoms with E-state index in [2.05, 4.69) is 54.4 Å². The quantitative estimate of drug-likeness (QED) is 0.765. The zero-order valence-electron chi connectivity index (χ0n) is 9.52. The number of rotatable bonds is 3. The van der Waals surface area contributed by atoms with Crippen molar-refractivity contribution in [1.82, 2.24) is 5.32 Å². The van der Waals surface area contributed by atoms with Crippen LogP contribution in [0.25, 0.3) is 6.08 Å². The summed E-state index contributed by atoms with van der Waals surface area (Å²) in [7, 11) is 0. The van der Waals surface area contributed by atoms with Crippen LogP contribution in [0.15, 0.2) is 30.3 Å². The van der Waals surface area contributed by atoms with E-state index in [-0.39, 0.29) is 0 Å². The van der Waals surface area contributed by atoms with Crippen molar-refractivity contribution in [3.8, 4) is 0 Å². The summed E-state index contributed by atoms with van der Waals surface area (Å²) in [6.07, 6.45) is 6.74. The normalized spacial score (nSPS) is 18.1. The average Bonchev–Trinajstić information content (AvgIpc) is 2.38. The van der Waals surface area contributed by atoms with Gasteiger partial charge in [0.25, 0.3) is 0 Å². The van der Waals surface area contributed by atoms with Crippen molar-refractivity contribution >= 4 is 18.7 Å². The molecule has 2 heteroatoms. The SMILES string of the molecule is SCC=Cc1ccc(C2CCNCC2)cc1. The molecule has 0 atom stereocenters. The van der Waals surface area contributed by atoms with Crippen LogP contribution in [-0.2, 0) is 0 Å². The van der Waals surface area contributed by atoms with Crippen molar-refractivity contribution in [2.45, 2.75) is 18.8 Å². The van der Waals surface area contributed by atoms with Gasteiger partial charge in [-0.1, -0.05) is 36.4 Å². The molecule has 86 valence electrons. The highest BCUT2D eigenvalue weighted by atomic mass is 32.1. The summed E-state index contributed by atoms with van der Waals surface area (Å²) in [5, 5.41) is 3.40. The number of thiol groups is 1. The standard InChI is InChI=1S/C14H19NS/c16-11-1-2-12-3-5-13(6-4-12)14-7-9-15-10-8-14/h1-6,14-16H,7-11H2. The minimum absolute atomic E-state index is 0.754. The number of hydrogen-bond donors (Lipinski definition) is 2. The van der Waals surface area contributed by atoms with Crippen molar-refractivity contribution in [3.63, 3.8) is 0 Å². The lowest BCUT2D eigenvalue weighted by atomic mass is 9.90. The topological polar surface area (TPSA) is 12.0 Å². The van der Waals surface area contributed by atoms with Gasteiger partial charge in [0, 0.05) is 5.75 Å². The van der Waals surface area contributed by atoms with E-state index in [1.54, 1.807) is 0 Å². The highest BCUT2D eigenvalue weighted by molar-refractivity contribution is 7.80. The summed E-state index contributed by atoms with van der Waals surface area (Å²) in [6.45, 7) is 2.32. The molecule has 2 rings (SSSR count). The molecule has 1 aliphatic heterocycles. The largest absolute Gasteiger partial charge is 0.317 e. The fourth-order valence-electron chi connectivity index (χ4n) is 2.22. The van der Waals surface area contributed by atoms with Gasteiger partial charge in [-0.25, -0.2) is 0 Å². The van der Waals surface area contributed by atoms with Crippen LogP contribution in [0.5, 0.6) is 0 Å². The van der Waals surface area contributed by atoms with E-state index in [1.807, 2.05) is 0 Å². The van der Waals surface area contributed by atoms with E-state index in [0.717, 1.165) is 24.8 Å². The van der Waals surface area contributed by atoms with Crippen molar-refractivity contribution in [1.29, 1.82) is 0 Å². The van der Waals surface area contributed by atoms with Gasteiger partial charge in [-0.3, -0.25) is 0 Å². The monoisotopic (exact) mass is 233 g/mol. The van der Waals surface area contributed by atoms with Gasteiger partial charge >= 0.3 is 0 Å². The summed E-state index contributed by atoms with van der Waals surface area (Å²) < 4.78 is 0. The summed E-state index contributed by atoms with van der Waals surface area (Å²) in [5.41, 5.74) is 2.76. The molecule has 1 nitrogen and oxygen atoms in total. The van der Waals surface area contributed by atoms with Crippen LogP contribution in [0.1, 0.15) is 29.9 Å². The summed E-state index contributed by atoms with van der Waals surface area (Å²) in [6, 6.07) is 8.96. The van der Waals surface area contributed by atoms with E-state index in [1.165, 1.54) is 24.0 Å². The molecular formula is C14H19NS. The maximum absolute atomic E-state index is 4.16. The Morgan fingerprint density at radius 3 is 2.50 bits per heavy atom. The van der Waals surface area contributed by atoms with Gasteiger partial charge in [0.05, 0.1) is 0 Å². The number of piperidine rings is 1. The third-order valence-corrected chi connectivity index (χ3v) is 3.37. The third-order valence-electron chi connectivity index (χ3n) is 3.16. The van der Waals surface area contributed by atoms with E-state index in [0.29, 0.717) is 0 Å². The Labute approximate surface area is 103 Å². The Bertz CT molecular complexity index is 336. The predicted octanol–water partition coefficient (Wildman–Crippen LogP) is 3.10. The maximum atomic E-state index is 4.16. The molecule has 1 aliphatic rings. The Balaban J connectivity index is 2.03. The van der Waals surface area contributed by atoms with Gasteiger partial charge in [-0.2, -0.15) is 12.6 Å². The first-order chi connectivity index (χ1) is 7.90. The molecule has 0 radical (unpaired) electrons. The lowest BCUT2D eigenvalue weighted by Crippen LogP contribution is -2.26. The van der Waals surface area contributed by atoms with Crippen LogP contribution in [0, 0.1) is 0 Å². The zero-order valence-corrected chi connectivity index (χ0v) is 10.4. The maximum Gasteiger partial charge on any atom is 0.00858 e. The molecule has 0 unspecified atom stereocenters. The highest BCUT2D eigenvalue weighted by Crippen LogP contribution is 2.25. The summed E-state index contributed by atoms with van der Waals surface area (Å²) in [4.78, 5) is 0.